The van der Waals surface area contributed by atoms with Crippen LogP contribution in [0.1, 0.15) is 49.7 Å². The van der Waals surface area contributed by atoms with Gasteiger partial charge in [0.15, 0.2) is 0 Å². The second-order valence-electron chi connectivity index (χ2n) is 6.70. The highest BCUT2D eigenvalue weighted by atomic mass is 16.1. The van der Waals surface area contributed by atoms with Crippen LogP contribution in [-0.4, -0.2) is 17.9 Å². The fourth-order valence-electron chi connectivity index (χ4n) is 3.98. The van der Waals surface area contributed by atoms with Gasteiger partial charge in [0.25, 0.3) is 0 Å². The van der Waals surface area contributed by atoms with E-state index in [4.69, 9.17) is 0 Å². The second kappa shape index (κ2) is 6.67. The summed E-state index contributed by atoms with van der Waals surface area (Å²) in [5.74, 6) is 0.903. The van der Waals surface area contributed by atoms with Crippen molar-refractivity contribution in [2.75, 3.05) is 6.54 Å². The maximum Gasteiger partial charge on any atom is 0.136 e. The van der Waals surface area contributed by atoms with Gasteiger partial charge in [-0.3, -0.25) is 4.79 Å². The minimum atomic E-state index is -0.224. The van der Waals surface area contributed by atoms with Gasteiger partial charge < -0.3 is 5.32 Å². The van der Waals surface area contributed by atoms with Crippen LogP contribution in [0, 0.1) is 0 Å². The quantitative estimate of drug-likeness (QED) is 0.913. The van der Waals surface area contributed by atoms with Crippen molar-refractivity contribution < 1.29 is 4.79 Å². The Bertz CT molecular complexity index is 605. The number of rotatable bonds is 4. The number of Topliss-reactive ketones (excluding diaryl/α,β-unsaturated/α-hetero) is 1. The highest BCUT2D eigenvalue weighted by Crippen LogP contribution is 2.43. The maximum atomic E-state index is 12.3. The van der Waals surface area contributed by atoms with E-state index in [2.05, 4.69) is 67.7 Å². The lowest BCUT2D eigenvalue weighted by atomic mass is 9.66. The molecule has 2 unspecified atom stereocenters. The van der Waals surface area contributed by atoms with E-state index in [0.29, 0.717) is 18.6 Å². The average Bonchev–Trinajstić information content (AvgIpc) is 2.62. The molecule has 0 aliphatic carbocycles. The van der Waals surface area contributed by atoms with E-state index in [1.807, 2.05) is 12.1 Å². The van der Waals surface area contributed by atoms with Crippen LogP contribution >= 0.6 is 0 Å². The standard InChI is InChI=1S/C21H25NO/c1-16(18-9-5-3-6-10-18)21(15-20(23)13-14-22-21)17(2)19-11-7-4-8-12-19/h3-12,16-17,22H,13-15H2,1-2H3. The van der Waals surface area contributed by atoms with Crippen LogP contribution in [0.3, 0.4) is 0 Å². The zero-order chi connectivity index (χ0) is 16.3. The van der Waals surface area contributed by atoms with Crippen molar-refractivity contribution in [3.63, 3.8) is 0 Å². The molecule has 0 saturated carbocycles. The molecule has 2 atom stereocenters. The molecule has 0 spiro atoms. The lowest BCUT2D eigenvalue weighted by Crippen LogP contribution is -2.57. The predicted molar refractivity (Wildman–Crippen MR) is 94.7 cm³/mol. The molecular formula is C21H25NO. The molecule has 2 nitrogen and oxygen atoms in total. The monoisotopic (exact) mass is 307 g/mol. The molecule has 3 rings (SSSR count). The molecule has 0 amide bonds. The lowest BCUT2D eigenvalue weighted by molar-refractivity contribution is -0.122. The fraction of sp³-hybridized carbons (Fsp3) is 0.381. The summed E-state index contributed by atoms with van der Waals surface area (Å²) >= 11 is 0. The Hall–Kier alpha value is -1.93. The van der Waals surface area contributed by atoms with Crippen LogP contribution in [0.2, 0.25) is 0 Å². The minimum Gasteiger partial charge on any atom is -0.309 e. The van der Waals surface area contributed by atoms with Crippen molar-refractivity contribution in [2.45, 2.75) is 44.1 Å². The van der Waals surface area contributed by atoms with Crippen LogP contribution in [0.4, 0.5) is 0 Å². The number of benzene rings is 2. The third-order valence-corrected chi connectivity index (χ3v) is 5.49. The first-order chi connectivity index (χ1) is 11.1. The van der Waals surface area contributed by atoms with E-state index in [-0.39, 0.29) is 17.4 Å². The maximum absolute atomic E-state index is 12.3. The molecule has 0 bridgehead atoms. The first-order valence-corrected chi connectivity index (χ1v) is 8.50. The number of nitrogens with one attached hydrogen (secondary N) is 1. The van der Waals surface area contributed by atoms with Crippen molar-refractivity contribution in [2.24, 2.45) is 0 Å². The number of carbonyl (C=O) groups is 1. The first-order valence-electron chi connectivity index (χ1n) is 8.50. The summed E-state index contributed by atoms with van der Waals surface area (Å²) in [4.78, 5) is 12.3. The van der Waals surface area contributed by atoms with Crippen molar-refractivity contribution in [3.05, 3.63) is 71.8 Å². The molecule has 0 radical (unpaired) electrons. The normalized spacial score (nSPS) is 24.2. The summed E-state index contributed by atoms with van der Waals surface area (Å²) in [6.45, 7) is 5.27. The zero-order valence-corrected chi connectivity index (χ0v) is 14.0. The molecule has 1 heterocycles. The molecule has 1 fully saturated rings. The van der Waals surface area contributed by atoms with E-state index in [1.165, 1.54) is 11.1 Å². The Morgan fingerprint density at radius 1 is 0.870 bits per heavy atom. The van der Waals surface area contributed by atoms with Gasteiger partial charge in [0.2, 0.25) is 0 Å². The number of ketones is 1. The molecule has 2 aromatic rings. The van der Waals surface area contributed by atoms with Crippen LogP contribution in [0.5, 0.6) is 0 Å². The predicted octanol–water partition coefficient (Wildman–Crippen LogP) is 4.29. The van der Waals surface area contributed by atoms with E-state index >= 15 is 0 Å². The highest BCUT2D eigenvalue weighted by Gasteiger charge is 2.45. The summed E-state index contributed by atoms with van der Waals surface area (Å²) in [6, 6.07) is 21.1. The van der Waals surface area contributed by atoms with Gasteiger partial charge in [-0.05, 0) is 11.1 Å². The van der Waals surface area contributed by atoms with Crippen LogP contribution in [0.15, 0.2) is 60.7 Å². The highest BCUT2D eigenvalue weighted by molar-refractivity contribution is 5.81. The smallest absolute Gasteiger partial charge is 0.136 e. The number of hydrogen-bond acceptors (Lipinski definition) is 2. The van der Waals surface area contributed by atoms with Gasteiger partial charge in [-0.1, -0.05) is 74.5 Å². The largest absolute Gasteiger partial charge is 0.309 e. The van der Waals surface area contributed by atoms with E-state index in [0.717, 1.165) is 6.54 Å². The van der Waals surface area contributed by atoms with Crippen LogP contribution in [-0.2, 0) is 4.79 Å². The van der Waals surface area contributed by atoms with Gasteiger partial charge >= 0.3 is 0 Å². The van der Waals surface area contributed by atoms with Crippen LogP contribution < -0.4 is 5.32 Å². The van der Waals surface area contributed by atoms with E-state index in [9.17, 15) is 4.79 Å². The van der Waals surface area contributed by atoms with Crippen molar-refractivity contribution in [1.29, 1.82) is 0 Å². The first kappa shape index (κ1) is 15.9. The second-order valence-corrected chi connectivity index (χ2v) is 6.70. The molecule has 1 aliphatic heterocycles. The van der Waals surface area contributed by atoms with Gasteiger partial charge in [-0.15, -0.1) is 0 Å². The van der Waals surface area contributed by atoms with Crippen LogP contribution in [0.25, 0.3) is 0 Å². The molecule has 2 heteroatoms. The Balaban J connectivity index is 2.02. The van der Waals surface area contributed by atoms with Crippen molar-refractivity contribution >= 4 is 5.78 Å². The molecule has 23 heavy (non-hydrogen) atoms. The Morgan fingerprint density at radius 2 is 1.35 bits per heavy atom. The molecule has 1 aliphatic rings. The third kappa shape index (κ3) is 3.09. The Morgan fingerprint density at radius 3 is 1.78 bits per heavy atom. The molecule has 0 aromatic heterocycles. The van der Waals surface area contributed by atoms with E-state index in [1.54, 1.807) is 0 Å². The summed E-state index contributed by atoms with van der Waals surface area (Å²) in [7, 11) is 0. The van der Waals surface area contributed by atoms with Crippen molar-refractivity contribution in [3.8, 4) is 0 Å². The Kier molecular flexibility index (Phi) is 4.63. The lowest BCUT2D eigenvalue weighted by Gasteiger charge is -2.47. The summed E-state index contributed by atoms with van der Waals surface area (Å²) in [5, 5.41) is 3.74. The third-order valence-electron chi connectivity index (χ3n) is 5.49. The van der Waals surface area contributed by atoms with E-state index < -0.39 is 0 Å². The number of carbonyl (C=O) groups excluding carboxylic acids is 1. The SMILES string of the molecule is CC(c1ccccc1)C1(C(C)c2ccccc2)CC(=O)CCN1. The molecule has 1 N–H and O–H groups in total. The van der Waals surface area contributed by atoms with Gasteiger partial charge in [0.05, 0.1) is 0 Å². The van der Waals surface area contributed by atoms with Gasteiger partial charge in [0, 0.05) is 36.8 Å². The van der Waals surface area contributed by atoms with Gasteiger partial charge in [0.1, 0.15) is 5.78 Å². The topological polar surface area (TPSA) is 29.1 Å². The van der Waals surface area contributed by atoms with Gasteiger partial charge in [-0.2, -0.15) is 0 Å². The summed E-state index contributed by atoms with van der Waals surface area (Å²) in [6.07, 6.45) is 1.24. The van der Waals surface area contributed by atoms with Gasteiger partial charge in [-0.25, -0.2) is 0 Å². The fourth-order valence-corrected chi connectivity index (χ4v) is 3.98. The molecule has 120 valence electrons. The Labute approximate surface area is 138 Å². The minimum absolute atomic E-state index is 0.224. The molecule has 1 saturated heterocycles. The molecule has 2 aromatic carbocycles. The number of piperidine rings is 1. The molecular weight excluding hydrogens is 282 g/mol. The summed E-state index contributed by atoms with van der Waals surface area (Å²) in [5.41, 5.74) is 2.35. The average molecular weight is 307 g/mol. The summed E-state index contributed by atoms with van der Waals surface area (Å²) < 4.78 is 0. The zero-order valence-electron chi connectivity index (χ0n) is 14.0. The van der Waals surface area contributed by atoms with Crippen molar-refractivity contribution in [1.82, 2.24) is 5.32 Å². The number of hydrogen-bond donors (Lipinski definition) is 1.